The Morgan fingerprint density at radius 2 is 2.50 bits per heavy atom. The molecule has 0 aliphatic heterocycles. The van der Waals surface area contributed by atoms with Crippen molar-refractivity contribution < 1.29 is 9.53 Å². The van der Waals surface area contributed by atoms with Gasteiger partial charge in [0.2, 0.25) is 0 Å². The van der Waals surface area contributed by atoms with Crippen LogP contribution in [0.5, 0.6) is 0 Å². The van der Waals surface area contributed by atoms with Crippen LogP contribution in [0.1, 0.15) is 25.1 Å². The Morgan fingerprint density at radius 1 is 1.79 bits per heavy atom. The molecule has 0 bridgehead atoms. The van der Waals surface area contributed by atoms with Gasteiger partial charge in [0.1, 0.15) is 0 Å². The third kappa shape index (κ3) is 2.32. The summed E-state index contributed by atoms with van der Waals surface area (Å²) in [5, 5.41) is 0. The van der Waals surface area contributed by atoms with Gasteiger partial charge in [-0.2, -0.15) is 0 Å². The molecule has 1 atom stereocenters. The molecule has 0 saturated heterocycles. The molecule has 0 fully saturated rings. The normalized spacial score (nSPS) is 12.5. The van der Waals surface area contributed by atoms with Gasteiger partial charge in [-0.3, -0.25) is 4.79 Å². The number of aryl methyl sites for hydroxylation is 1. The Labute approximate surface area is 82.9 Å². The van der Waals surface area contributed by atoms with Gasteiger partial charge in [0.05, 0.1) is 31.6 Å². The van der Waals surface area contributed by atoms with Crippen molar-refractivity contribution in [2.24, 2.45) is 5.73 Å². The highest BCUT2D eigenvalue weighted by Crippen LogP contribution is 2.13. The molecule has 0 aliphatic carbocycles. The number of carbonyl (C=O) groups excluding carboxylic acids is 1. The van der Waals surface area contributed by atoms with Gasteiger partial charge in [0.15, 0.2) is 0 Å². The molecule has 2 N–H and O–H groups in total. The molecule has 0 amide bonds. The molecule has 1 aromatic heterocycles. The molecule has 1 aromatic rings. The van der Waals surface area contributed by atoms with E-state index in [2.05, 4.69) is 9.72 Å². The fraction of sp³-hybridized carbons (Fsp3) is 0.556. The number of aromatic nitrogens is 2. The second kappa shape index (κ2) is 4.76. The lowest BCUT2D eigenvalue weighted by Gasteiger charge is -2.11. The van der Waals surface area contributed by atoms with Gasteiger partial charge in [-0.15, -0.1) is 0 Å². The minimum absolute atomic E-state index is 0.183. The second-order valence-corrected chi connectivity index (χ2v) is 2.99. The molecule has 5 heteroatoms. The lowest BCUT2D eigenvalue weighted by Crippen LogP contribution is -2.19. The van der Waals surface area contributed by atoms with Crippen LogP contribution in [0.3, 0.4) is 0 Å². The van der Waals surface area contributed by atoms with E-state index < -0.39 is 0 Å². The van der Waals surface area contributed by atoms with Crippen molar-refractivity contribution in [1.29, 1.82) is 0 Å². The van der Waals surface area contributed by atoms with Crippen LogP contribution in [0.25, 0.3) is 0 Å². The van der Waals surface area contributed by atoms with E-state index in [1.165, 1.54) is 7.11 Å². The first kappa shape index (κ1) is 10.7. The van der Waals surface area contributed by atoms with Crippen LogP contribution >= 0.6 is 0 Å². The van der Waals surface area contributed by atoms with Gasteiger partial charge in [-0.25, -0.2) is 4.98 Å². The monoisotopic (exact) mass is 197 g/mol. The predicted octanol–water partition coefficient (Wildman–Crippen LogP) is 0.466. The number of hydrogen-bond acceptors (Lipinski definition) is 4. The van der Waals surface area contributed by atoms with E-state index in [0.717, 1.165) is 12.2 Å². The topological polar surface area (TPSA) is 70.1 Å². The van der Waals surface area contributed by atoms with Crippen LogP contribution in [0.4, 0.5) is 0 Å². The summed E-state index contributed by atoms with van der Waals surface area (Å²) in [5.41, 5.74) is 6.69. The van der Waals surface area contributed by atoms with Gasteiger partial charge >= 0.3 is 5.97 Å². The van der Waals surface area contributed by atoms with Crippen molar-refractivity contribution in [3.63, 3.8) is 0 Å². The van der Waals surface area contributed by atoms with E-state index in [1.807, 2.05) is 11.5 Å². The van der Waals surface area contributed by atoms with Crippen molar-refractivity contribution in [3.8, 4) is 0 Å². The molecule has 1 heterocycles. The molecule has 14 heavy (non-hydrogen) atoms. The third-order valence-corrected chi connectivity index (χ3v) is 2.08. The minimum atomic E-state index is -0.343. The largest absolute Gasteiger partial charge is 0.469 e. The number of rotatable bonds is 4. The molecule has 0 unspecified atom stereocenters. The Kier molecular flexibility index (Phi) is 3.64. The molecule has 5 nitrogen and oxygen atoms in total. The summed E-state index contributed by atoms with van der Waals surface area (Å²) in [6.07, 6.45) is 3.56. The molecule has 0 aliphatic rings. The summed E-state index contributed by atoms with van der Waals surface area (Å²) >= 11 is 0. The zero-order valence-corrected chi connectivity index (χ0v) is 8.43. The van der Waals surface area contributed by atoms with E-state index >= 15 is 0 Å². The number of imidazole rings is 1. The zero-order valence-electron chi connectivity index (χ0n) is 8.43. The molecular weight excluding hydrogens is 182 g/mol. The smallest absolute Gasteiger partial charge is 0.307 e. The van der Waals surface area contributed by atoms with E-state index in [1.54, 1.807) is 12.5 Å². The Hall–Kier alpha value is -1.36. The van der Waals surface area contributed by atoms with Crippen molar-refractivity contribution in [1.82, 2.24) is 9.55 Å². The number of hydrogen-bond donors (Lipinski definition) is 1. The van der Waals surface area contributed by atoms with E-state index in [4.69, 9.17) is 5.73 Å². The fourth-order valence-corrected chi connectivity index (χ4v) is 1.27. The van der Waals surface area contributed by atoms with Crippen LogP contribution in [0.2, 0.25) is 0 Å². The maximum atomic E-state index is 11.0. The first-order valence-electron chi connectivity index (χ1n) is 4.51. The van der Waals surface area contributed by atoms with Crippen LogP contribution in [0, 0.1) is 0 Å². The summed E-state index contributed by atoms with van der Waals surface area (Å²) in [4.78, 5) is 15.0. The maximum Gasteiger partial charge on any atom is 0.307 e. The average molecular weight is 197 g/mol. The SMILES string of the molecule is CCn1cncc1[C@@H](N)CC(=O)OC. The summed E-state index contributed by atoms with van der Waals surface area (Å²) in [6.45, 7) is 2.79. The third-order valence-electron chi connectivity index (χ3n) is 2.08. The number of nitrogens with zero attached hydrogens (tertiary/aromatic N) is 2. The van der Waals surface area contributed by atoms with Gasteiger partial charge in [-0.1, -0.05) is 0 Å². The number of methoxy groups -OCH3 is 1. The first-order chi connectivity index (χ1) is 6.69. The maximum absolute atomic E-state index is 11.0. The Balaban J connectivity index is 2.68. The highest BCUT2D eigenvalue weighted by Gasteiger charge is 2.15. The highest BCUT2D eigenvalue weighted by molar-refractivity contribution is 5.70. The summed E-state index contributed by atoms with van der Waals surface area (Å²) in [5.74, 6) is -0.304. The fourth-order valence-electron chi connectivity index (χ4n) is 1.27. The van der Waals surface area contributed by atoms with Crippen LogP contribution in [0.15, 0.2) is 12.5 Å². The summed E-state index contributed by atoms with van der Waals surface area (Å²) in [6, 6.07) is -0.343. The average Bonchev–Trinajstić information content (AvgIpc) is 2.65. The predicted molar refractivity (Wildman–Crippen MR) is 51.5 cm³/mol. The molecular formula is C9H15N3O2. The standard InChI is InChI=1S/C9H15N3O2/c1-3-12-6-11-5-8(12)7(10)4-9(13)14-2/h5-7H,3-4,10H2,1-2H3/t7-/m0/s1. The first-order valence-corrected chi connectivity index (χ1v) is 4.51. The van der Waals surface area contributed by atoms with Gasteiger partial charge in [0, 0.05) is 12.7 Å². The van der Waals surface area contributed by atoms with Crippen molar-refractivity contribution in [2.45, 2.75) is 25.9 Å². The number of ether oxygens (including phenoxy) is 1. The van der Waals surface area contributed by atoms with Gasteiger partial charge in [0.25, 0.3) is 0 Å². The van der Waals surface area contributed by atoms with Crippen molar-refractivity contribution >= 4 is 5.97 Å². The molecule has 1 rings (SSSR count). The lowest BCUT2D eigenvalue weighted by atomic mass is 10.1. The Bertz CT molecular complexity index is 309. The summed E-state index contributed by atoms with van der Waals surface area (Å²) < 4.78 is 6.45. The minimum Gasteiger partial charge on any atom is -0.469 e. The summed E-state index contributed by atoms with van der Waals surface area (Å²) in [7, 11) is 1.35. The number of carbonyl (C=O) groups is 1. The van der Waals surface area contributed by atoms with Crippen molar-refractivity contribution in [2.75, 3.05) is 7.11 Å². The number of nitrogens with two attached hydrogens (primary N) is 1. The van der Waals surface area contributed by atoms with Gasteiger partial charge in [-0.05, 0) is 6.92 Å². The quantitative estimate of drug-likeness (QED) is 0.712. The van der Waals surface area contributed by atoms with Crippen LogP contribution in [-0.2, 0) is 16.1 Å². The van der Waals surface area contributed by atoms with Gasteiger partial charge < -0.3 is 15.0 Å². The molecule has 0 aromatic carbocycles. The molecule has 0 radical (unpaired) electrons. The van der Waals surface area contributed by atoms with Crippen molar-refractivity contribution in [3.05, 3.63) is 18.2 Å². The number of esters is 1. The van der Waals surface area contributed by atoms with E-state index in [9.17, 15) is 4.79 Å². The molecule has 0 saturated carbocycles. The highest BCUT2D eigenvalue weighted by atomic mass is 16.5. The lowest BCUT2D eigenvalue weighted by molar-refractivity contribution is -0.141. The Morgan fingerprint density at radius 3 is 3.07 bits per heavy atom. The zero-order chi connectivity index (χ0) is 10.6. The van der Waals surface area contributed by atoms with Crippen LogP contribution in [-0.4, -0.2) is 22.6 Å². The van der Waals surface area contributed by atoms with E-state index in [0.29, 0.717) is 0 Å². The molecule has 78 valence electrons. The van der Waals surface area contributed by atoms with Crippen LogP contribution < -0.4 is 5.73 Å². The van der Waals surface area contributed by atoms with E-state index in [-0.39, 0.29) is 18.4 Å². The second-order valence-electron chi connectivity index (χ2n) is 2.99. The molecule has 0 spiro atoms.